The summed E-state index contributed by atoms with van der Waals surface area (Å²) in [6.07, 6.45) is 3.37. The van der Waals surface area contributed by atoms with Crippen LogP contribution in [0.4, 0.5) is 0 Å². The minimum Gasteiger partial charge on any atom is -0.343 e. The van der Waals surface area contributed by atoms with E-state index in [2.05, 4.69) is 13.8 Å². The number of hydrogen-bond acceptors (Lipinski definition) is 2. The van der Waals surface area contributed by atoms with Crippen molar-refractivity contribution in [3.05, 3.63) is 0 Å². The lowest BCUT2D eigenvalue weighted by Crippen LogP contribution is -2.41. The summed E-state index contributed by atoms with van der Waals surface area (Å²) in [5, 5.41) is 0. The van der Waals surface area contributed by atoms with Crippen molar-refractivity contribution >= 4 is 11.8 Å². The van der Waals surface area contributed by atoms with Gasteiger partial charge in [-0.05, 0) is 40.5 Å². The largest absolute Gasteiger partial charge is 0.343 e. The average Bonchev–Trinajstić information content (AvgIpc) is 2.45. The van der Waals surface area contributed by atoms with Gasteiger partial charge in [-0.2, -0.15) is 0 Å². The maximum atomic E-state index is 11.3. The van der Waals surface area contributed by atoms with E-state index < -0.39 is 0 Å². The Kier molecular flexibility index (Phi) is 14.3. The molecule has 0 spiro atoms. The van der Waals surface area contributed by atoms with Gasteiger partial charge in [0.25, 0.3) is 0 Å². The fourth-order valence-electron chi connectivity index (χ4n) is 2.48. The van der Waals surface area contributed by atoms with Gasteiger partial charge in [-0.25, -0.2) is 0 Å². The van der Waals surface area contributed by atoms with Gasteiger partial charge in [-0.15, -0.1) is 0 Å². The molecule has 0 fully saturated rings. The predicted octanol–water partition coefficient (Wildman–Crippen LogP) is 4.09. The van der Waals surface area contributed by atoms with Gasteiger partial charge in [0.05, 0.1) is 0 Å². The maximum Gasteiger partial charge on any atom is 0.222 e. The number of rotatable bonds is 8. The van der Waals surface area contributed by atoms with Crippen molar-refractivity contribution in [2.75, 3.05) is 13.1 Å². The summed E-state index contributed by atoms with van der Waals surface area (Å²) >= 11 is 0. The molecule has 0 saturated carbocycles. The van der Waals surface area contributed by atoms with Crippen molar-refractivity contribution in [3.63, 3.8) is 0 Å². The third kappa shape index (κ3) is 9.80. The summed E-state index contributed by atoms with van der Waals surface area (Å²) in [4.78, 5) is 26.4. The lowest BCUT2D eigenvalue weighted by molar-refractivity contribution is -0.134. The Labute approximate surface area is 138 Å². The van der Waals surface area contributed by atoms with E-state index >= 15 is 0 Å². The summed E-state index contributed by atoms with van der Waals surface area (Å²) in [6, 6.07) is 0.643. The summed E-state index contributed by atoms with van der Waals surface area (Å²) < 4.78 is 0. The highest BCUT2D eigenvalue weighted by Gasteiger charge is 2.17. The minimum atomic E-state index is 0.245. The van der Waals surface area contributed by atoms with Crippen LogP contribution in [-0.4, -0.2) is 46.8 Å². The molecule has 0 N–H and O–H groups in total. The number of amides is 2. The zero-order valence-electron chi connectivity index (χ0n) is 16.1. The van der Waals surface area contributed by atoms with E-state index in [0.717, 1.165) is 25.9 Å². The van der Waals surface area contributed by atoms with Crippen molar-refractivity contribution in [3.8, 4) is 0 Å². The van der Waals surface area contributed by atoms with Crippen LogP contribution in [0.1, 0.15) is 81.1 Å². The average molecular weight is 315 g/mol. The quantitative estimate of drug-likeness (QED) is 0.677. The zero-order chi connectivity index (χ0) is 17.7. The van der Waals surface area contributed by atoms with E-state index in [1.807, 2.05) is 51.3 Å². The smallest absolute Gasteiger partial charge is 0.222 e. The van der Waals surface area contributed by atoms with Crippen molar-refractivity contribution in [1.82, 2.24) is 9.80 Å². The molecule has 0 radical (unpaired) electrons. The van der Waals surface area contributed by atoms with Crippen LogP contribution in [0.5, 0.6) is 0 Å². The second-order valence-corrected chi connectivity index (χ2v) is 6.08. The standard InChI is InChI=1S/2C9H19NO/c1-6-9(11)10(7(2)3)8(4)5;1-4-7-10(8-5-2)9(11)6-3/h7-8H,6H2,1-5H3;4-8H2,1-3H3. The molecule has 0 rings (SSSR count). The van der Waals surface area contributed by atoms with Crippen LogP contribution >= 0.6 is 0 Å². The molecule has 22 heavy (non-hydrogen) atoms. The topological polar surface area (TPSA) is 40.6 Å². The Balaban J connectivity index is 0. The van der Waals surface area contributed by atoms with Gasteiger partial charge in [0.15, 0.2) is 0 Å². The number of nitrogens with zero attached hydrogens (tertiary/aromatic N) is 2. The second kappa shape index (κ2) is 13.6. The monoisotopic (exact) mass is 314 g/mol. The molecule has 0 aliphatic carbocycles. The molecule has 0 aliphatic rings. The first kappa shape index (κ1) is 23.2. The van der Waals surface area contributed by atoms with E-state index in [4.69, 9.17) is 0 Å². The molecule has 0 atom stereocenters. The highest BCUT2D eigenvalue weighted by molar-refractivity contribution is 5.76. The first-order chi connectivity index (χ1) is 10.3. The third-order valence-electron chi connectivity index (χ3n) is 3.35. The molecule has 0 aromatic rings. The highest BCUT2D eigenvalue weighted by atomic mass is 16.2. The molecule has 0 aromatic carbocycles. The zero-order valence-corrected chi connectivity index (χ0v) is 16.1. The summed E-state index contributed by atoms with van der Waals surface area (Å²) in [5.74, 6) is 0.531. The second-order valence-electron chi connectivity index (χ2n) is 6.08. The van der Waals surface area contributed by atoms with E-state index in [9.17, 15) is 9.59 Å². The number of hydrogen-bond donors (Lipinski definition) is 0. The summed E-state index contributed by atoms with van der Waals surface area (Å²) in [6.45, 7) is 18.1. The van der Waals surface area contributed by atoms with E-state index in [1.165, 1.54) is 0 Å². The molecular formula is C18H38N2O2. The molecule has 0 saturated heterocycles. The van der Waals surface area contributed by atoms with Gasteiger partial charge in [0, 0.05) is 38.0 Å². The molecule has 2 amide bonds. The molecule has 0 unspecified atom stereocenters. The number of carbonyl (C=O) groups excluding carboxylic acids is 2. The first-order valence-electron chi connectivity index (χ1n) is 8.85. The van der Waals surface area contributed by atoms with Gasteiger partial charge in [0.1, 0.15) is 0 Å². The molecule has 132 valence electrons. The first-order valence-corrected chi connectivity index (χ1v) is 8.85. The highest BCUT2D eigenvalue weighted by Crippen LogP contribution is 2.06. The summed E-state index contributed by atoms with van der Waals surface area (Å²) in [7, 11) is 0. The fraction of sp³-hybridized carbons (Fsp3) is 0.889. The van der Waals surface area contributed by atoms with Crippen molar-refractivity contribution in [1.29, 1.82) is 0 Å². The van der Waals surface area contributed by atoms with Crippen LogP contribution in [-0.2, 0) is 9.59 Å². The lowest BCUT2D eigenvalue weighted by Gasteiger charge is -2.30. The fourth-order valence-corrected chi connectivity index (χ4v) is 2.48. The van der Waals surface area contributed by atoms with Crippen molar-refractivity contribution in [2.24, 2.45) is 0 Å². The van der Waals surface area contributed by atoms with E-state index in [1.54, 1.807) is 0 Å². The molecule has 0 aromatic heterocycles. The van der Waals surface area contributed by atoms with Gasteiger partial charge >= 0.3 is 0 Å². The Hall–Kier alpha value is -1.06. The summed E-state index contributed by atoms with van der Waals surface area (Å²) in [5.41, 5.74) is 0. The maximum absolute atomic E-state index is 11.3. The molecule has 0 aliphatic heterocycles. The van der Waals surface area contributed by atoms with Crippen LogP contribution in [0.25, 0.3) is 0 Å². The van der Waals surface area contributed by atoms with E-state index in [-0.39, 0.29) is 11.8 Å². The molecule has 4 heteroatoms. The third-order valence-corrected chi connectivity index (χ3v) is 3.35. The Morgan fingerprint density at radius 1 is 0.727 bits per heavy atom. The van der Waals surface area contributed by atoms with Crippen LogP contribution in [0.3, 0.4) is 0 Å². The molecule has 0 bridgehead atoms. The molecule has 0 heterocycles. The molecular weight excluding hydrogens is 276 g/mol. The van der Waals surface area contributed by atoms with Crippen LogP contribution in [0.15, 0.2) is 0 Å². The van der Waals surface area contributed by atoms with Gasteiger partial charge in [-0.1, -0.05) is 27.7 Å². The molecule has 4 nitrogen and oxygen atoms in total. The van der Waals surface area contributed by atoms with Crippen LogP contribution in [0, 0.1) is 0 Å². The van der Waals surface area contributed by atoms with Gasteiger partial charge in [-0.3, -0.25) is 9.59 Å². The Morgan fingerprint density at radius 3 is 1.27 bits per heavy atom. The normalized spacial score (nSPS) is 10.3. The lowest BCUT2D eigenvalue weighted by atomic mass is 10.2. The van der Waals surface area contributed by atoms with Gasteiger partial charge in [0.2, 0.25) is 11.8 Å². The van der Waals surface area contributed by atoms with E-state index in [0.29, 0.717) is 24.9 Å². The van der Waals surface area contributed by atoms with Crippen LogP contribution in [0.2, 0.25) is 0 Å². The Morgan fingerprint density at radius 2 is 1.09 bits per heavy atom. The SMILES string of the molecule is CCC(=O)N(C(C)C)C(C)C.CCCN(CCC)C(=O)CC. The minimum absolute atomic E-state index is 0.245. The number of carbonyl (C=O) groups is 2. The van der Waals surface area contributed by atoms with Crippen LogP contribution < -0.4 is 0 Å². The van der Waals surface area contributed by atoms with Crippen molar-refractivity contribution < 1.29 is 9.59 Å². The Bertz CT molecular complexity index is 287. The van der Waals surface area contributed by atoms with Crippen molar-refractivity contribution in [2.45, 2.75) is 93.2 Å². The van der Waals surface area contributed by atoms with Gasteiger partial charge < -0.3 is 9.80 Å². The predicted molar refractivity (Wildman–Crippen MR) is 94.9 cm³/mol.